The van der Waals surface area contributed by atoms with Gasteiger partial charge in [-0.15, -0.1) is 11.3 Å². The first-order chi connectivity index (χ1) is 9.86. The third-order valence-electron chi connectivity index (χ3n) is 3.41. The lowest BCUT2D eigenvalue weighted by atomic mass is 9.87. The molecule has 1 N–H and O–H groups in total. The van der Waals surface area contributed by atoms with Crippen LogP contribution in [0, 0.1) is 5.92 Å². The van der Waals surface area contributed by atoms with E-state index in [0.717, 1.165) is 23.8 Å². The quantitative estimate of drug-likeness (QED) is 0.853. The third kappa shape index (κ3) is 4.65. The van der Waals surface area contributed by atoms with Crippen molar-refractivity contribution in [1.29, 1.82) is 0 Å². The Bertz CT molecular complexity index is 562. The van der Waals surface area contributed by atoms with Gasteiger partial charge in [0.15, 0.2) is 0 Å². The minimum Gasteiger partial charge on any atom is -0.311 e. The van der Waals surface area contributed by atoms with Crippen LogP contribution in [-0.4, -0.2) is 11.5 Å². The lowest BCUT2D eigenvalue weighted by molar-refractivity contribution is 0.549. The van der Waals surface area contributed by atoms with E-state index in [1.807, 2.05) is 0 Å². The molecule has 3 heteroatoms. The predicted molar refractivity (Wildman–Crippen MR) is 92.8 cm³/mol. The number of hydrogen-bond donors (Lipinski definition) is 1. The Hall–Kier alpha value is -1.19. The van der Waals surface area contributed by atoms with Gasteiger partial charge in [0.05, 0.1) is 5.69 Å². The van der Waals surface area contributed by atoms with E-state index in [0.29, 0.717) is 5.92 Å². The number of nitrogens with one attached hydrogen (secondary N) is 1. The van der Waals surface area contributed by atoms with Gasteiger partial charge in [0.25, 0.3) is 0 Å². The molecule has 114 valence electrons. The maximum Gasteiger partial charge on any atom is 0.123 e. The summed E-state index contributed by atoms with van der Waals surface area (Å²) in [4.78, 5) is 4.73. The molecule has 0 saturated heterocycles. The van der Waals surface area contributed by atoms with Crippen molar-refractivity contribution < 1.29 is 0 Å². The average molecular weight is 302 g/mol. The number of rotatable bonds is 5. The summed E-state index contributed by atoms with van der Waals surface area (Å²) in [5.74, 6) is 0.674. The Morgan fingerprint density at radius 3 is 2.38 bits per heavy atom. The summed E-state index contributed by atoms with van der Waals surface area (Å²) >= 11 is 1.72. The minimum atomic E-state index is 0.202. The molecule has 21 heavy (non-hydrogen) atoms. The molecule has 0 aliphatic carbocycles. The van der Waals surface area contributed by atoms with Crippen LogP contribution in [0.1, 0.15) is 45.9 Å². The van der Waals surface area contributed by atoms with Gasteiger partial charge in [-0.25, -0.2) is 4.98 Å². The molecule has 2 rings (SSSR count). The van der Waals surface area contributed by atoms with Crippen molar-refractivity contribution in [1.82, 2.24) is 10.3 Å². The van der Waals surface area contributed by atoms with Crippen LogP contribution in [0.25, 0.3) is 10.6 Å². The largest absolute Gasteiger partial charge is 0.311 e. The first-order valence-electron chi connectivity index (χ1n) is 7.62. The van der Waals surface area contributed by atoms with E-state index in [4.69, 9.17) is 4.98 Å². The van der Waals surface area contributed by atoms with Crippen LogP contribution in [0.3, 0.4) is 0 Å². The molecule has 1 aromatic carbocycles. The molecule has 0 saturated carbocycles. The molecule has 0 amide bonds. The topological polar surface area (TPSA) is 24.9 Å². The fraction of sp³-hybridized carbons (Fsp3) is 0.500. The number of aromatic nitrogens is 1. The Balaban J connectivity index is 2.04. The highest BCUT2D eigenvalue weighted by atomic mass is 32.1. The maximum absolute atomic E-state index is 4.73. The van der Waals surface area contributed by atoms with Gasteiger partial charge in [0.2, 0.25) is 0 Å². The van der Waals surface area contributed by atoms with Gasteiger partial charge in [-0.3, -0.25) is 0 Å². The maximum atomic E-state index is 4.73. The van der Waals surface area contributed by atoms with Crippen molar-refractivity contribution in [2.75, 3.05) is 6.54 Å². The fourth-order valence-electron chi connectivity index (χ4n) is 2.12. The minimum absolute atomic E-state index is 0.202. The fourth-order valence-corrected chi connectivity index (χ4v) is 2.95. The smallest absolute Gasteiger partial charge is 0.123 e. The highest BCUT2D eigenvalue weighted by Gasteiger charge is 2.13. The second kappa shape index (κ2) is 6.71. The molecule has 0 fully saturated rings. The normalized spacial score (nSPS) is 12.1. The lowest BCUT2D eigenvalue weighted by Gasteiger charge is -2.18. The zero-order valence-electron chi connectivity index (χ0n) is 13.7. The standard InChI is InChI=1S/C18H26N2S/c1-13(2)10-19-11-16-12-21-17(20-16)14-6-8-15(9-7-14)18(3,4)5/h6-9,12-13,19H,10-11H2,1-5H3. The second-order valence-electron chi connectivity index (χ2n) is 7.00. The Morgan fingerprint density at radius 1 is 1.14 bits per heavy atom. The molecule has 0 aliphatic rings. The number of thiazole rings is 1. The van der Waals surface area contributed by atoms with E-state index in [9.17, 15) is 0 Å². The molecule has 0 aliphatic heterocycles. The van der Waals surface area contributed by atoms with Crippen LogP contribution in [-0.2, 0) is 12.0 Å². The van der Waals surface area contributed by atoms with Crippen molar-refractivity contribution in [3.05, 3.63) is 40.9 Å². The van der Waals surface area contributed by atoms with Gasteiger partial charge in [0, 0.05) is 17.5 Å². The van der Waals surface area contributed by atoms with E-state index in [1.165, 1.54) is 11.1 Å². The van der Waals surface area contributed by atoms with E-state index < -0.39 is 0 Å². The average Bonchev–Trinajstić information content (AvgIpc) is 2.86. The molecule has 0 unspecified atom stereocenters. The van der Waals surface area contributed by atoms with Gasteiger partial charge in [-0.2, -0.15) is 0 Å². The molecule has 1 aromatic heterocycles. The monoisotopic (exact) mass is 302 g/mol. The van der Waals surface area contributed by atoms with Crippen molar-refractivity contribution in [2.45, 2.75) is 46.6 Å². The van der Waals surface area contributed by atoms with Gasteiger partial charge in [-0.1, -0.05) is 58.9 Å². The van der Waals surface area contributed by atoms with Gasteiger partial charge in [-0.05, 0) is 23.4 Å². The van der Waals surface area contributed by atoms with Crippen molar-refractivity contribution in [3.8, 4) is 10.6 Å². The summed E-state index contributed by atoms with van der Waals surface area (Å²) in [6, 6.07) is 8.80. The van der Waals surface area contributed by atoms with Crippen molar-refractivity contribution >= 4 is 11.3 Å². The van der Waals surface area contributed by atoms with E-state index in [2.05, 4.69) is 69.6 Å². The van der Waals surface area contributed by atoms with E-state index in [1.54, 1.807) is 11.3 Å². The van der Waals surface area contributed by atoms with E-state index >= 15 is 0 Å². The van der Waals surface area contributed by atoms with Crippen LogP contribution in [0.2, 0.25) is 0 Å². The van der Waals surface area contributed by atoms with Crippen LogP contribution < -0.4 is 5.32 Å². The van der Waals surface area contributed by atoms with Crippen LogP contribution in [0.4, 0.5) is 0 Å². The summed E-state index contributed by atoms with van der Waals surface area (Å²) in [5, 5.41) is 6.70. The molecule has 2 aromatic rings. The number of nitrogens with zero attached hydrogens (tertiary/aromatic N) is 1. The molecule has 1 heterocycles. The highest BCUT2D eigenvalue weighted by Crippen LogP contribution is 2.27. The van der Waals surface area contributed by atoms with Gasteiger partial charge < -0.3 is 5.32 Å². The van der Waals surface area contributed by atoms with Crippen LogP contribution in [0.5, 0.6) is 0 Å². The highest BCUT2D eigenvalue weighted by molar-refractivity contribution is 7.13. The molecule has 0 bridgehead atoms. The SMILES string of the molecule is CC(C)CNCc1csc(-c2ccc(C(C)(C)C)cc2)n1. The summed E-state index contributed by atoms with van der Waals surface area (Å²) < 4.78 is 0. The van der Waals surface area contributed by atoms with E-state index in [-0.39, 0.29) is 5.41 Å². The molecule has 0 spiro atoms. The lowest BCUT2D eigenvalue weighted by Crippen LogP contribution is -2.19. The molecule has 0 radical (unpaired) electrons. The van der Waals surface area contributed by atoms with Crippen LogP contribution >= 0.6 is 11.3 Å². The summed E-state index contributed by atoms with van der Waals surface area (Å²) in [6.45, 7) is 13.0. The van der Waals surface area contributed by atoms with Crippen molar-refractivity contribution in [3.63, 3.8) is 0 Å². The van der Waals surface area contributed by atoms with Gasteiger partial charge >= 0.3 is 0 Å². The summed E-state index contributed by atoms with van der Waals surface area (Å²) in [5.41, 5.74) is 3.91. The first-order valence-corrected chi connectivity index (χ1v) is 8.50. The summed E-state index contributed by atoms with van der Waals surface area (Å²) in [6.07, 6.45) is 0. The zero-order valence-corrected chi connectivity index (χ0v) is 14.6. The second-order valence-corrected chi connectivity index (χ2v) is 7.85. The Kier molecular flexibility index (Phi) is 5.17. The number of hydrogen-bond acceptors (Lipinski definition) is 3. The third-order valence-corrected chi connectivity index (χ3v) is 4.35. The Morgan fingerprint density at radius 2 is 1.81 bits per heavy atom. The molecule has 0 atom stereocenters. The van der Waals surface area contributed by atoms with Crippen molar-refractivity contribution in [2.24, 2.45) is 5.92 Å². The number of benzene rings is 1. The molecule has 2 nitrogen and oxygen atoms in total. The Labute approximate surface area is 132 Å². The van der Waals surface area contributed by atoms with Crippen LogP contribution in [0.15, 0.2) is 29.6 Å². The predicted octanol–water partition coefficient (Wildman–Crippen LogP) is 4.85. The molecular weight excluding hydrogens is 276 g/mol. The zero-order chi connectivity index (χ0) is 15.5. The molecular formula is C18H26N2S. The summed E-state index contributed by atoms with van der Waals surface area (Å²) in [7, 11) is 0. The first kappa shape index (κ1) is 16.2. The van der Waals surface area contributed by atoms with Gasteiger partial charge in [0.1, 0.15) is 5.01 Å².